The summed E-state index contributed by atoms with van der Waals surface area (Å²) in [5.74, 6) is 0. The van der Waals surface area contributed by atoms with Crippen molar-refractivity contribution in [3.63, 3.8) is 0 Å². The number of rotatable bonds is 8. The number of allylic oxidation sites excluding steroid dienone is 2. The lowest BCUT2D eigenvalue weighted by Gasteiger charge is -2.10. The van der Waals surface area contributed by atoms with Gasteiger partial charge in [-0.15, -0.1) is 0 Å². The monoisotopic (exact) mass is 298 g/mol. The molecule has 0 aliphatic rings. The molecular weight excluding hydrogens is 280 g/mol. The van der Waals surface area contributed by atoms with Crippen LogP contribution in [0.25, 0.3) is 0 Å². The van der Waals surface area contributed by atoms with Crippen LogP contribution in [-0.2, 0) is 0 Å². The fourth-order valence-electron chi connectivity index (χ4n) is 1.46. The Bertz CT molecular complexity index is 598. The predicted octanol–water partition coefficient (Wildman–Crippen LogP) is 4.79. The average molecular weight is 298 g/mol. The van der Waals surface area contributed by atoms with Crippen molar-refractivity contribution < 1.29 is 4.79 Å². The molecule has 1 aromatic rings. The van der Waals surface area contributed by atoms with Crippen molar-refractivity contribution in [3.05, 3.63) is 77.9 Å². The molecule has 0 unspecified atom stereocenters. The SMILES string of the molecule is C=CC(=C)/C(N=CC)=C(\C=C)SNc1ccc(C=O)cc1. The molecule has 3 nitrogen and oxygen atoms in total. The van der Waals surface area contributed by atoms with Gasteiger partial charge in [-0.25, -0.2) is 0 Å². The van der Waals surface area contributed by atoms with Crippen LogP contribution in [0.5, 0.6) is 0 Å². The van der Waals surface area contributed by atoms with Crippen LogP contribution in [0, 0.1) is 0 Å². The van der Waals surface area contributed by atoms with Crippen molar-refractivity contribution in [3.8, 4) is 0 Å². The number of carbonyl (C=O) groups excluding carboxylic acids is 1. The highest BCUT2D eigenvalue weighted by atomic mass is 32.2. The Morgan fingerprint density at radius 2 is 1.90 bits per heavy atom. The third-order valence-corrected chi connectivity index (χ3v) is 3.47. The molecule has 0 saturated heterocycles. The van der Waals surface area contributed by atoms with Crippen molar-refractivity contribution in [1.29, 1.82) is 0 Å². The van der Waals surface area contributed by atoms with Crippen molar-refractivity contribution in [2.75, 3.05) is 4.72 Å². The van der Waals surface area contributed by atoms with E-state index in [0.717, 1.165) is 28.1 Å². The Kier molecular flexibility index (Phi) is 6.98. The molecule has 108 valence electrons. The van der Waals surface area contributed by atoms with Crippen molar-refractivity contribution in [2.24, 2.45) is 4.99 Å². The summed E-state index contributed by atoms with van der Waals surface area (Å²) in [6.07, 6.45) is 5.89. The van der Waals surface area contributed by atoms with Crippen LogP contribution in [0.3, 0.4) is 0 Å². The Labute approximate surface area is 130 Å². The number of nitrogens with zero attached hydrogens (tertiary/aromatic N) is 1. The summed E-state index contributed by atoms with van der Waals surface area (Å²) in [5.41, 5.74) is 2.98. The summed E-state index contributed by atoms with van der Waals surface area (Å²) in [5, 5.41) is 0. The van der Waals surface area contributed by atoms with Gasteiger partial charge in [0.1, 0.15) is 6.29 Å². The maximum atomic E-state index is 10.6. The molecule has 0 heterocycles. The van der Waals surface area contributed by atoms with Gasteiger partial charge in [0.15, 0.2) is 0 Å². The lowest BCUT2D eigenvalue weighted by Crippen LogP contribution is -1.92. The molecule has 1 aromatic carbocycles. The van der Waals surface area contributed by atoms with Gasteiger partial charge in [-0.3, -0.25) is 9.79 Å². The third kappa shape index (κ3) is 4.93. The van der Waals surface area contributed by atoms with Gasteiger partial charge in [-0.2, -0.15) is 0 Å². The minimum Gasteiger partial charge on any atom is -0.326 e. The molecule has 0 aromatic heterocycles. The van der Waals surface area contributed by atoms with Gasteiger partial charge >= 0.3 is 0 Å². The summed E-state index contributed by atoms with van der Waals surface area (Å²) in [7, 11) is 0. The van der Waals surface area contributed by atoms with Crippen molar-refractivity contribution >= 4 is 30.1 Å². The standard InChI is InChI=1S/C17H18N2OS/c1-5-13(4)17(18-7-3)16(6-2)21-19-15-10-8-14(12-20)9-11-15/h5-12,19H,1-2,4H2,3H3/b17-16-,18-7?. The fraction of sp³-hybridized carbons (Fsp3) is 0.0588. The molecule has 0 aliphatic heterocycles. The smallest absolute Gasteiger partial charge is 0.150 e. The van der Waals surface area contributed by atoms with Gasteiger partial charge in [0.2, 0.25) is 0 Å². The first-order valence-corrected chi connectivity index (χ1v) is 7.13. The van der Waals surface area contributed by atoms with E-state index in [2.05, 4.69) is 29.5 Å². The minimum atomic E-state index is 0.640. The van der Waals surface area contributed by atoms with E-state index in [4.69, 9.17) is 0 Å². The number of nitrogens with one attached hydrogen (secondary N) is 1. The van der Waals surface area contributed by atoms with Gasteiger partial charge in [0, 0.05) is 17.5 Å². The third-order valence-electron chi connectivity index (χ3n) is 2.55. The number of carbonyl (C=O) groups is 1. The Morgan fingerprint density at radius 3 is 2.38 bits per heavy atom. The molecule has 4 heteroatoms. The van der Waals surface area contributed by atoms with Crippen LogP contribution in [0.2, 0.25) is 0 Å². The summed E-state index contributed by atoms with van der Waals surface area (Å²) in [4.78, 5) is 15.8. The molecule has 0 fully saturated rings. The number of aliphatic imine (C=N–C) groups is 1. The van der Waals surface area contributed by atoms with E-state index in [1.165, 1.54) is 11.9 Å². The average Bonchev–Trinajstić information content (AvgIpc) is 2.54. The van der Waals surface area contributed by atoms with E-state index in [9.17, 15) is 4.79 Å². The lowest BCUT2D eigenvalue weighted by molar-refractivity contribution is 0.112. The Hall–Kier alpha value is -2.33. The van der Waals surface area contributed by atoms with Gasteiger partial charge in [-0.05, 0) is 48.7 Å². The van der Waals surface area contributed by atoms with E-state index in [1.54, 1.807) is 30.5 Å². The van der Waals surface area contributed by atoms with Crippen LogP contribution >= 0.6 is 11.9 Å². The molecule has 0 radical (unpaired) electrons. The molecule has 1 rings (SSSR count). The molecule has 1 N–H and O–H groups in total. The van der Waals surface area contributed by atoms with Crippen LogP contribution in [0.15, 0.2) is 77.3 Å². The predicted molar refractivity (Wildman–Crippen MR) is 93.8 cm³/mol. The molecule has 0 bridgehead atoms. The van der Waals surface area contributed by atoms with Crippen LogP contribution in [0.1, 0.15) is 17.3 Å². The van der Waals surface area contributed by atoms with E-state index >= 15 is 0 Å². The maximum absolute atomic E-state index is 10.6. The second-order valence-electron chi connectivity index (χ2n) is 3.98. The second-order valence-corrected chi connectivity index (χ2v) is 4.83. The first kappa shape index (κ1) is 16.7. The Morgan fingerprint density at radius 1 is 1.24 bits per heavy atom. The zero-order chi connectivity index (χ0) is 15.7. The second kappa shape index (κ2) is 8.76. The highest BCUT2D eigenvalue weighted by Gasteiger charge is 2.06. The fourth-order valence-corrected chi connectivity index (χ4v) is 2.19. The van der Waals surface area contributed by atoms with Crippen molar-refractivity contribution in [2.45, 2.75) is 6.92 Å². The number of anilines is 1. The number of hydrogen-bond donors (Lipinski definition) is 1. The molecule has 0 saturated carbocycles. The van der Waals surface area contributed by atoms with Crippen molar-refractivity contribution in [1.82, 2.24) is 0 Å². The first-order chi connectivity index (χ1) is 10.2. The normalized spacial score (nSPS) is 11.7. The van der Waals surface area contributed by atoms with E-state index in [-0.39, 0.29) is 0 Å². The summed E-state index contributed by atoms with van der Waals surface area (Å²) in [6, 6.07) is 7.17. The lowest BCUT2D eigenvalue weighted by atomic mass is 10.2. The zero-order valence-corrected chi connectivity index (χ0v) is 12.8. The quantitative estimate of drug-likeness (QED) is 0.325. The molecule has 21 heavy (non-hydrogen) atoms. The van der Waals surface area contributed by atoms with Gasteiger partial charge < -0.3 is 4.72 Å². The maximum Gasteiger partial charge on any atom is 0.150 e. The van der Waals surface area contributed by atoms with Gasteiger partial charge in [0.25, 0.3) is 0 Å². The van der Waals surface area contributed by atoms with Crippen LogP contribution in [-0.4, -0.2) is 12.5 Å². The highest BCUT2D eigenvalue weighted by Crippen LogP contribution is 2.27. The Balaban J connectivity index is 2.93. The van der Waals surface area contributed by atoms with Crippen LogP contribution < -0.4 is 4.72 Å². The number of hydrogen-bond acceptors (Lipinski definition) is 4. The highest BCUT2D eigenvalue weighted by molar-refractivity contribution is 8.04. The summed E-state index contributed by atoms with van der Waals surface area (Å²) >= 11 is 1.38. The van der Waals surface area contributed by atoms with Gasteiger partial charge in [-0.1, -0.05) is 31.9 Å². The number of benzene rings is 1. The van der Waals surface area contributed by atoms with E-state index in [0.29, 0.717) is 5.56 Å². The molecular formula is C17H18N2OS. The minimum absolute atomic E-state index is 0.640. The largest absolute Gasteiger partial charge is 0.326 e. The summed E-state index contributed by atoms with van der Waals surface area (Å²) < 4.78 is 3.19. The molecule has 0 atom stereocenters. The van der Waals surface area contributed by atoms with Gasteiger partial charge in [0.05, 0.1) is 10.6 Å². The topological polar surface area (TPSA) is 41.5 Å². The zero-order valence-electron chi connectivity index (χ0n) is 12.0. The van der Waals surface area contributed by atoms with Crippen LogP contribution in [0.4, 0.5) is 5.69 Å². The van der Waals surface area contributed by atoms with E-state index < -0.39 is 0 Å². The molecule has 0 amide bonds. The molecule has 0 aliphatic carbocycles. The first-order valence-electron chi connectivity index (χ1n) is 6.31. The number of aldehydes is 1. The molecule has 0 spiro atoms. The van der Waals surface area contributed by atoms with E-state index in [1.807, 2.05) is 19.1 Å². The summed E-state index contributed by atoms with van der Waals surface area (Å²) in [6.45, 7) is 13.3.